The molecule has 19 heavy (non-hydrogen) atoms. The highest BCUT2D eigenvalue weighted by Gasteiger charge is 2.33. The van der Waals surface area contributed by atoms with E-state index >= 15 is 0 Å². The summed E-state index contributed by atoms with van der Waals surface area (Å²) in [5.41, 5.74) is 7.04. The maximum atomic E-state index is 6.14. The molecule has 2 atom stereocenters. The summed E-state index contributed by atoms with van der Waals surface area (Å²) in [4.78, 5) is 2.44. The van der Waals surface area contributed by atoms with Gasteiger partial charge in [0.2, 0.25) is 0 Å². The van der Waals surface area contributed by atoms with Crippen molar-refractivity contribution in [3.8, 4) is 0 Å². The summed E-state index contributed by atoms with van der Waals surface area (Å²) in [7, 11) is 0. The molecule has 2 N–H and O–H groups in total. The molecule has 0 amide bonds. The number of rotatable bonds is 4. The average Bonchev–Trinajstić information content (AvgIpc) is 2.42. The van der Waals surface area contributed by atoms with E-state index in [-0.39, 0.29) is 12.1 Å². The highest BCUT2D eigenvalue weighted by atomic mass is 79.9. The van der Waals surface area contributed by atoms with E-state index < -0.39 is 0 Å². The lowest BCUT2D eigenvalue weighted by Crippen LogP contribution is -2.48. The van der Waals surface area contributed by atoms with Crippen LogP contribution in [0.4, 0.5) is 0 Å². The lowest BCUT2D eigenvalue weighted by atomic mass is 9.97. The Morgan fingerprint density at radius 2 is 2.32 bits per heavy atom. The van der Waals surface area contributed by atoms with E-state index in [1.807, 2.05) is 18.2 Å². The first-order valence-electron chi connectivity index (χ1n) is 6.68. The normalized spacial score (nSPS) is 24.6. The van der Waals surface area contributed by atoms with E-state index in [1.165, 1.54) is 0 Å². The van der Waals surface area contributed by atoms with E-state index in [4.69, 9.17) is 22.1 Å². The number of nitrogens with zero attached hydrogens (tertiary/aromatic N) is 1. The Morgan fingerprint density at radius 3 is 3.00 bits per heavy atom. The van der Waals surface area contributed by atoms with Crippen LogP contribution in [0.2, 0.25) is 5.02 Å². The van der Waals surface area contributed by atoms with Crippen molar-refractivity contribution in [3.63, 3.8) is 0 Å². The molecule has 0 spiro atoms. The predicted molar refractivity (Wildman–Crippen MR) is 82.6 cm³/mol. The molecule has 0 bridgehead atoms. The Balaban J connectivity index is 2.36. The molecule has 1 aromatic carbocycles. The summed E-state index contributed by atoms with van der Waals surface area (Å²) in [5.74, 6) is 0. The Bertz CT molecular complexity index is 428. The molecular weight excluding hydrogens is 328 g/mol. The van der Waals surface area contributed by atoms with Crippen LogP contribution in [-0.2, 0) is 4.74 Å². The van der Waals surface area contributed by atoms with E-state index in [0.717, 1.165) is 41.2 Å². The molecule has 1 fully saturated rings. The van der Waals surface area contributed by atoms with Crippen molar-refractivity contribution < 1.29 is 4.74 Å². The largest absolute Gasteiger partial charge is 0.374 e. The molecule has 2 rings (SSSR count). The molecule has 2 unspecified atom stereocenters. The highest BCUT2D eigenvalue weighted by Crippen LogP contribution is 2.35. The van der Waals surface area contributed by atoms with E-state index in [1.54, 1.807) is 0 Å². The number of nitrogens with two attached hydrogens (primary N) is 1. The molecule has 1 saturated heterocycles. The maximum Gasteiger partial charge on any atom is 0.0894 e. The minimum atomic E-state index is 0.0232. The van der Waals surface area contributed by atoms with Gasteiger partial charge < -0.3 is 10.5 Å². The molecule has 1 aliphatic rings. The van der Waals surface area contributed by atoms with Gasteiger partial charge in [-0.1, -0.05) is 34.5 Å². The number of benzene rings is 1. The lowest BCUT2D eigenvalue weighted by molar-refractivity contribution is -0.0678. The first kappa shape index (κ1) is 15.3. The second-order valence-electron chi connectivity index (χ2n) is 4.79. The summed E-state index contributed by atoms with van der Waals surface area (Å²) in [6, 6.07) is 6.06. The van der Waals surface area contributed by atoms with Crippen LogP contribution in [0.15, 0.2) is 22.7 Å². The molecular formula is C14H20BrClN2O. The Hall–Kier alpha value is -0.130. The monoisotopic (exact) mass is 346 g/mol. The first-order valence-corrected chi connectivity index (χ1v) is 7.85. The zero-order valence-electron chi connectivity index (χ0n) is 11.1. The maximum absolute atomic E-state index is 6.14. The molecule has 1 aromatic rings. The highest BCUT2D eigenvalue weighted by molar-refractivity contribution is 9.10. The minimum Gasteiger partial charge on any atom is -0.374 e. The fraction of sp³-hybridized carbons (Fsp3) is 0.571. The van der Waals surface area contributed by atoms with Gasteiger partial charge in [-0.15, -0.1) is 0 Å². The second kappa shape index (κ2) is 7.04. The number of ether oxygens (including phenoxy) is 1. The molecule has 0 radical (unpaired) electrons. The van der Waals surface area contributed by atoms with Crippen LogP contribution >= 0.6 is 27.5 Å². The van der Waals surface area contributed by atoms with Crippen LogP contribution in [0, 0.1) is 0 Å². The minimum absolute atomic E-state index is 0.0232. The van der Waals surface area contributed by atoms with Crippen LogP contribution < -0.4 is 5.73 Å². The van der Waals surface area contributed by atoms with Crippen molar-refractivity contribution in [3.05, 3.63) is 33.3 Å². The third-order valence-electron chi connectivity index (χ3n) is 3.48. The van der Waals surface area contributed by atoms with Gasteiger partial charge in [0.15, 0.2) is 0 Å². The zero-order chi connectivity index (χ0) is 13.8. The van der Waals surface area contributed by atoms with Gasteiger partial charge in [-0.3, -0.25) is 4.90 Å². The standard InChI is InChI=1S/C14H20BrClN2O/c1-2-5-18-6-7-19-13(9-17)14(18)11-8-10(16)3-4-12(11)15/h3-4,8,13-14H,2,5-7,9,17H2,1H3. The Morgan fingerprint density at radius 1 is 1.53 bits per heavy atom. The van der Waals surface area contributed by atoms with Gasteiger partial charge in [-0.25, -0.2) is 0 Å². The molecule has 3 nitrogen and oxygen atoms in total. The summed E-state index contributed by atoms with van der Waals surface area (Å²) in [6.07, 6.45) is 1.14. The molecule has 0 saturated carbocycles. The zero-order valence-corrected chi connectivity index (χ0v) is 13.5. The first-order chi connectivity index (χ1) is 9.17. The quantitative estimate of drug-likeness (QED) is 0.909. The molecule has 106 valence electrons. The molecule has 1 aliphatic heterocycles. The second-order valence-corrected chi connectivity index (χ2v) is 6.08. The van der Waals surface area contributed by atoms with Crippen molar-refractivity contribution in [1.82, 2.24) is 4.90 Å². The molecule has 0 aromatic heterocycles. The summed E-state index contributed by atoms with van der Waals surface area (Å²) < 4.78 is 6.90. The van der Waals surface area contributed by atoms with Crippen LogP contribution in [0.25, 0.3) is 0 Å². The summed E-state index contributed by atoms with van der Waals surface area (Å²) in [6.45, 7) is 5.44. The van der Waals surface area contributed by atoms with E-state index in [2.05, 4.69) is 27.8 Å². The van der Waals surface area contributed by atoms with Crippen molar-refractivity contribution in [2.45, 2.75) is 25.5 Å². The van der Waals surface area contributed by atoms with Crippen molar-refractivity contribution in [2.24, 2.45) is 5.73 Å². The van der Waals surface area contributed by atoms with E-state index in [9.17, 15) is 0 Å². The van der Waals surface area contributed by atoms with Crippen LogP contribution in [0.1, 0.15) is 24.9 Å². The fourth-order valence-corrected chi connectivity index (χ4v) is 3.32. The molecule has 1 heterocycles. The summed E-state index contributed by atoms with van der Waals surface area (Å²) >= 11 is 9.76. The van der Waals surface area contributed by atoms with Gasteiger partial charge >= 0.3 is 0 Å². The van der Waals surface area contributed by atoms with Gasteiger partial charge in [0.25, 0.3) is 0 Å². The number of hydrogen-bond acceptors (Lipinski definition) is 3. The third kappa shape index (κ3) is 3.50. The van der Waals surface area contributed by atoms with Gasteiger partial charge in [0.1, 0.15) is 0 Å². The van der Waals surface area contributed by atoms with Crippen LogP contribution in [-0.4, -0.2) is 37.2 Å². The SMILES string of the molecule is CCCN1CCOC(CN)C1c1cc(Cl)ccc1Br. The molecule has 5 heteroatoms. The topological polar surface area (TPSA) is 38.5 Å². The fourth-order valence-electron chi connectivity index (χ4n) is 2.66. The van der Waals surface area contributed by atoms with Gasteiger partial charge in [0, 0.05) is 22.6 Å². The van der Waals surface area contributed by atoms with Crippen molar-refractivity contribution in [2.75, 3.05) is 26.2 Å². The predicted octanol–water partition coefficient (Wildman–Crippen LogP) is 3.21. The average molecular weight is 348 g/mol. The van der Waals surface area contributed by atoms with Crippen molar-refractivity contribution in [1.29, 1.82) is 0 Å². The number of morpholine rings is 1. The Labute approximate surface area is 128 Å². The summed E-state index contributed by atoms with van der Waals surface area (Å²) in [5, 5.41) is 0.746. The van der Waals surface area contributed by atoms with E-state index in [0.29, 0.717) is 6.54 Å². The van der Waals surface area contributed by atoms with Gasteiger partial charge in [-0.2, -0.15) is 0 Å². The number of halogens is 2. The van der Waals surface area contributed by atoms with Gasteiger partial charge in [-0.05, 0) is 36.7 Å². The van der Waals surface area contributed by atoms with Gasteiger partial charge in [0.05, 0.1) is 18.8 Å². The van der Waals surface area contributed by atoms with Crippen molar-refractivity contribution >= 4 is 27.5 Å². The number of hydrogen-bond donors (Lipinski definition) is 1. The third-order valence-corrected chi connectivity index (χ3v) is 4.43. The Kier molecular flexibility index (Phi) is 5.66. The van der Waals surface area contributed by atoms with Crippen LogP contribution in [0.5, 0.6) is 0 Å². The molecule has 0 aliphatic carbocycles. The van der Waals surface area contributed by atoms with Crippen LogP contribution in [0.3, 0.4) is 0 Å². The lowest BCUT2D eigenvalue weighted by Gasteiger charge is -2.41. The smallest absolute Gasteiger partial charge is 0.0894 e.